The summed E-state index contributed by atoms with van der Waals surface area (Å²) in [5, 5.41) is 10.3. The molecule has 0 spiro atoms. The molecule has 0 N–H and O–H groups in total. The summed E-state index contributed by atoms with van der Waals surface area (Å²) in [6.45, 7) is 1.24. The maximum atomic E-state index is 14.0. The third-order valence-corrected chi connectivity index (χ3v) is 5.91. The fraction of sp³-hybridized carbons (Fsp3) is 0.261. The van der Waals surface area contributed by atoms with Crippen LogP contribution >= 0.6 is 0 Å². The number of anilines is 1. The summed E-state index contributed by atoms with van der Waals surface area (Å²) in [6, 6.07) is 14.0. The number of para-hydroxylation sites is 2. The fourth-order valence-electron chi connectivity index (χ4n) is 4.35. The highest BCUT2D eigenvalue weighted by atomic mass is 19.1. The van der Waals surface area contributed by atoms with Gasteiger partial charge in [-0.15, -0.1) is 0 Å². The van der Waals surface area contributed by atoms with Crippen molar-refractivity contribution in [3.8, 4) is 6.07 Å². The van der Waals surface area contributed by atoms with E-state index in [9.17, 15) is 14.4 Å². The molecule has 0 atom stereocenters. The molecule has 0 saturated carbocycles. The maximum absolute atomic E-state index is 14.0. The number of aromatic nitrogens is 2. The lowest BCUT2D eigenvalue weighted by molar-refractivity contribution is 0.407. The van der Waals surface area contributed by atoms with Crippen molar-refractivity contribution in [1.82, 2.24) is 9.55 Å². The average molecular weight is 402 g/mol. The summed E-state index contributed by atoms with van der Waals surface area (Å²) in [7, 11) is 1.60. The Kier molecular flexibility index (Phi) is 4.28. The summed E-state index contributed by atoms with van der Waals surface area (Å²) in [6.07, 6.45) is 1.54. The van der Waals surface area contributed by atoms with E-state index in [1.807, 2.05) is 35.2 Å². The van der Waals surface area contributed by atoms with Gasteiger partial charge in [-0.2, -0.15) is 5.26 Å². The molecule has 1 saturated heterocycles. The van der Waals surface area contributed by atoms with Crippen LogP contribution in [0.3, 0.4) is 0 Å². The van der Waals surface area contributed by atoms with Gasteiger partial charge in [0.1, 0.15) is 23.0 Å². The Balaban J connectivity index is 1.51. The van der Waals surface area contributed by atoms with Crippen LogP contribution in [0.5, 0.6) is 0 Å². The first kappa shape index (κ1) is 18.4. The summed E-state index contributed by atoms with van der Waals surface area (Å²) < 4.78 is 21.4. The van der Waals surface area contributed by atoms with Gasteiger partial charge in [0.2, 0.25) is 0 Å². The number of piperidine rings is 1. The highest BCUT2D eigenvalue weighted by Crippen LogP contribution is 2.35. The molecule has 0 radical (unpaired) electrons. The number of hydrogen-bond donors (Lipinski definition) is 0. The van der Waals surface area contributed by atoms with Gasteiger partial charge < -0.3 is 13.9 Å². The van der Waals surface area contributed by atoms with E-state index >= 15 is 0 Å². The van der Waals surface area contributed by atoms with Gasteiger partial charge in [0.25, 0.3) is 5.56 Å². The van der Waals surface area contributed by atoms with E-state index in [1.165, 1.54) is 16.7 Å². The second-order valence-electron chi connectivity index (χ2n) is 7.64. The minimum Gasteiger partial charge on any atom is -0.440 e. The number of nitriles is 1. The number of halogens is 1. The normalized spacial score (nSPS) is 15.0. The largest absolute Gasteiger partial charge is 0.440 e. The Bertz CT molecular complexity index is 1340. The van der Waals surface area contributed by atoms with Gasteiger partial charge >= 0.3 is 0 Å². The molecule has 3 heterocycles. The van der Waals surface area contributed by atoms with E-state index in [2.05, 4.69) is 4.98 Å². The number of nitrogens with zero attached hydrogens (tertiary/aromatic N) is 4. The van der Waals surface area contributed by atoms with Crippen molar-refractivity contribution in [3.05, 3.63) is 70.1 Å². The molecule has 150 valence electrons. The SMILES string of the molecule is Cn1c(=O)c(C#N)c(N2CCC(c3nc4ccccc4o3)CC2)c2cc(F)ccc21. The second-order valence-corrected chi connectivity index (χ2v) is 7.64. The van der Waals surface area contributed by atoms with Crippen LogP contribution in [-0.4, -0.2) is 22.6 Å². The van der Waals surface area contributed by atoms with Crippen LogP contribution in [0.25, 0.3) is 22.0 Å². The van der Waals surface area contributed by atoms with Crippen molar-refractivity contribution >= 4 is 27.7 Å². The molecule has 0 amide bonds. The Morgan fingerprint density at radius 1 is 1.20 bits per heavy atom. The lowest BCUT2D eigenvalue weighted by Crippen LogP contribution is -2.35. The number of benzene rings is 2. The smallest absolute Gasteiger partial charge is 0.270 e. The first-order chi connectivity index (χ1) is 14.6. The Morgan fingerprint density at radius 2 is 1.97 bits per heavy atom. The molecule has 0 bridgehead atoms. The lowest BCUT2D eigenvalue weighted by atomic mass is 9.95. The molecule has 1 aliphatic heterocycles. The summed E-state index contributed by atoms with van der Waals surface area (Å²) in [5.74, 6) is 0.484. The van der Waals surface area contributed by atoms with E-state index in [0.29, 0.717) is 29.7 Å². The predicted octanol–water partition coefficient (Wildman–Crippen LogP) is 4.07. The number of pyridine rings is 1. The van der Waals surface area contributed by atoms with Crippen molar-refractivity contribution in [3.63, 3.8) is 0 Å². The van der Waals surface area contributed by atoms with Crippen LogP contribution in [0, 0.1) is 17.1 Å². The van der Waals surface area contributed by atoms with E-state index < -0.39 is 5.82 Å². The second kappa shape index (κ2) is 6.99. The molecule has 2 aromatic heterocycles. The minimum atomic E-state index is -0.396. The Labute approximate surface area is 171 Å². The molecule has 5 rings (SSSR count). The number of aryl methyl sites for hydroxylation is 1. The van der Waals surface area contributed by atoms with E-state index in [1.54, 1.807) is 13.1 Å². The van der Waals surface area contributed by atoms with Gasteiger partial charge in [-0.25, -0.2) is 9.37 Å². The van der Waals surface area contributed by atoms with Crippen LogP contribution in [0.4, 0.5) is 10.1 Å². The summed E-state index contributed by atoms with van der Waals surface area (Å²) in [4.78, 5) is 19.4. The average Bonchev–Trinajstić information content (AvgIpc) is 3.20. The van der Waals surface area contributed by atoms with Crippen LogP contribution in [0.15, 0.2) is 51.7 Å². The highest BCUT2D eigenvalue weighted by Gasteiger charge is 2.28. The molecule has 0 unspecified atom stereocenters. The van der Waals surface area contributed by atoms with Gasteiger partial charge in [-0.3, -0.25) is 4.79 Å². The van der Waals surface area contributed by atoms with Crippen molar-refractivity contribution < 1.29 is 8.81 Å². The Hall–Kier alpha value is -3.66. The van der Waals surface area contributed by atoms with Crippen LogP contribution in [0.2, 0.25) is 0 Å². The predicted molar refractivity (Wildman–Crippen MR) is 112 cm³/mol. The lowest BCUT2D eigenvalue weighted by Gasteiger charge is -2.33. The molecule has 7 heteroatoms. The van der Waals surface area contributed by atoms with E-state index in [-0.39, 0.29) is 17.0 Å². The van der Waals surface area contributed by atoms with Crippen molar-refractivity contribution in [1.29, 1.82) is 5.26 Å². The number of oxazole rings is 1. The third-order valence-electron chi connectivity index (χ3n) is 5.91. The van der Waals surface area contributed by atoms with Gasteiger partial charge in [0.05, 0.1) is 11.2 Å². The number of rotatable bonds is 2. The first-order valence-corrected chi connectivity index (χ1v) is 9.89. The minimum absolute atomic E-state index is 0.0518. The first-order valence-electron chi connectivity index (χ1n) is 9.89. The Morgan fingerprint density at radius 3 is 2.70 bits per heavy atom. The highest BCUT2D eigenvalue weighted by molar-refractivity contribution is 5.95. The van der Waals surface area contributed by atoms with Crippen molar-refractivity contribution in [2.75, 3.05) is 18.0 Å². The zero-order valence-electron chi connectivity index (χ0n) is 16.4. The van der Waals surface area contributed by atoms with Crippen molar-refractivity contribution in [2.45, 2.75) is 18.8 Å². The maximum Gasteiger partial charge on any atom is 0.270 e. The van der Waals surface area contributed by atoms with Crippen LogP contribution < -0.4 is 10.5 Å². The van der Waals surface area contributed by atoms with Gasteiger partial charge in [0.15, 0.2) is 11.5 Å². The zero-order chi connectivity index (χ0) is 20.8. The molecule has 2 aromatic carbocycles. The zero-order valence-corrected chi connectivity index (χ0v) is 16.4. The molecule has 1 aliphatic rings. The van der Waals surface area contributed by atoms with E-state index in [0.717, 1.165) is 29.8 Å². The van der Waals surface area contributed by atoms with Crippen LogP contribution in [0.1, 0.15) is 30.2 Å². The summed E-state index contributed by atoms with van der Waals surface area (Å²) >= 11 is 0. The standard InChI is InChI=1S/C23H19FN4O2/c1-27-19-7-6-15(24)12-16(19)21(17(13-25)23(27)29)28-10-8-14(9-11-28)22-26-18-4-2-3-5-20(18)30-22/h2-7,12,14H,8-11H2,1H3. The van der Waals surface area contributed by atoms with E-state index in [4.69, 9.17) is 4.42 Å². The van der Waals surface area contributed by atoms with Gasteiger partial charge in [-0.05, 0) is 43.2 Å². The molecule has 4 aromatic rings. The third kappa shape index (κ3) is 2.84. The fourth-order valence-corrected chi connectivity index (χ4v) is 4.35. The van der Waals surface area contributed by atoms with Gasteiger partial charge in [-0.1, -0.05) is 12.1 Å². The molecular weight excluding hydrogens is 383 g/mol. The number of hydrogen-bond acceptors (Lipinski definition) is 5. The molecule has 0 aliphatic carbocycles. The topological polar surface area (TPSA) is 75.1 Å². The molecule has 1 fully saturated rings. The molecule has 6 nitrogen and oxygen atoms in total. The monoisotopic (exact) mass is 402 g/mol. The van der Waals surface area contributed by atoms with Crippen molar-refractivity contribution in [2.24, 2.45) is 7.05 Å². The molecule has 30 heavy (non-hydrogen) atoms. The molecular formula is C23H19FN4O2. The quantitative estimate of drug-likeness (QED) is 0.505. The summed E-state index contributed by atoms with van der Waals surface area (Å²) in [5.41, 5.74) is 2.43. The van der Waals surface area contributed by atoms with Crippen LogP contribution in [-0.2, 0) is 7.05 Å². The number of fused-ring (bicyclic) bond motifs is 2. The van der Waals surface area contributed by atoms with Gasteiger partial charge in [0, 0.05) is 31.4 Å².